The van der Waals surface area contributed by atoms with Crippen LogP contribution in [0.2, 0.25) is 0 Å². The first-order valence-corrected chi connectivity index (χ1v) is 3.64. The van der Waals surface area contributed by atoms with E-state index in [1.165, 1.54) is 18.2 Å². The Balaban J connectivity index is 2.69. The summed E-state index contributed by atoms with van der Waals surface area (Å²) in [5.74, 6) is -1.71. The molecule has 74 valence electrons. The van der Waals surface area contributed by atoms with E-state index < -0.39 is 12.1 Å². The number of hydrogen-bond donors (Lipinski definition) is 1. The third-order valence-electron chi connectivity index (χ3n) is 1.64. The van der Waals surface area contributed by atoms with E-state index in [-0.39, 0.29) is 16.8 Å². The summed E-state index contributed by atoms with van der Waals surface area (Å²) in [6.07, 6.45) is -4.63. The Labute approximate surface area is 75.8 Å². The number of phenols is 1. The zero-order valence-corrected chi connectivity index (χ0v) is 6.67. The summed E-state index contributed by atoms with van der Waals surface area (Å²) < 4.78 is 40.7. The van der Waals surface area contributed by atoms with Crippen LogP contribution in [0.5, 0.6) is 5.75 Å². The minimum atomic E-state index is -4.63. The third kappa shape index (κ3) is 1.28. The summed E-state index contributed by atoms with van der Waals surface area (Å²) in [5, 5.41) is 9.15. The molecule has 0 aliphatic rings. The van der Waals surface area contributed by atoms with Crippen LogP contribution in [0.4, 0.5) is 13.2 Å². The van der Waals surface area contributed by atoms with Crippen LogP contribution in [0.1, 0.15) is 5.89 Å². The van der Waals surface area contributed by atoms with Crippen LogP contribution in [0.3, 0.4) is 0 Å². The van der Waals surface area contributed by atoms with E-state index >= 15 is 0 Å². The van der Waals surface area contributed by atoms with Crippen molar-refractivity contribution in [3.8, 4) is 5.75 Å². The number of alkyl halides is 3. The predicted molar refractivity (Wildman–Crippen MR) is 40.7 cm³/mol. The summed E-state index contributed by atoms with van der Waals surface area (Å²) in [6.45, 7) is 0. The Kier molecular flexibility index (Phi) is 1.67. The van der Waals surface area contributed by atoms with E-state index in [4.69, 9.17) is 5.11 Å². The van der Waals surface area contributed by atoms with Crippen LogP contribution < -0.4 is 0 Å². The van der Waals surface area contributed by atoms with Gasteiger partial charge in [-0.1, -0.05) is 6.07 Å². The van der Waals surface area contributed by atoms with Gasteiger partial charge in [-0.2, -0.15) is 13.2 Å². The fourth-order valence-electron chi connectivity index (χ4n) is 1.06. The Morgan fingerprint density at radius 3 is 2.57 bits per heavy atom. The minimum Gasteiger partial charge on any atom is -0.504 e. The molecule has 0 aliphatic carbocycles. The molecule has 2 aromatic rings. The number of aromatic hydroxyl groups is 1. The quantitative estimate of drug-likeness (QED) is 0.715. The smallest absolute Gasteiger partial charge is 0.468 e. The third-order valence-corrected chi connectivity index (χ3v) is 1.64. The highest BCUT2D eigenvalue weighted by molar-refractivity contribution is 5.78. The molecule has 0 aliphatic heterocycles. The zero-order valence-electron chi connectivity index (χ0n) is 6.67. The molecule has 1 aromatic heterocycles. The molecule has 1 N–H and O–H groups in total. The lowest BCUT2D eigenvalue weighted by atomic mass is 10.3. The first-order chi connectivity index (χ1) is 6.48. The summed E-state index contributed by atoms with van der Waals surface area (Å²) in [4.78, 5) is 3.19. The Bertz CT molecular complexity index is 475. The van der Waals surface area contributed by atoms with Crippen molar-refractivity contribution in [2.75, 3.05) is 0 Å². The molecule has 6 heteroatoms. The van der Waals surface area contributed by atoms with Crippen LogP contribution in [0.15, 0.2) is 22.6 Å². The number of hydrogen-bond acceptors (Lipinski definition) is 3. The molecule has 1 aromatic carbocycles. The van der Waals surface area contributed by atoms with Gasteiger partial charge in [0.2, 0.25) is 0 Å². The molecule has 0 spiro atoms. The van der Waals surface area contributed by atoms with Gasteiger partial charge in [-0.05, 0) is 12.1 Å². The largest absolute Gasteiger partial charge is 0.504 e. The number of oxazole rings is 1. The van der Waals surface area contributed by atoms with Gasteiger partial charge >= 0.3 is 12.1 Å². The molecule has 0 fully saturated rings. The molecule has 0 radical (unpaired) electrons. The molecule has 0 amide bonds. The van der Waals surface area contributed by atoms with Crippen LogP contribution in [0, 0.1) is 0 Å². The van der Waals surface area contributed by atoms with Crippen molar-refractivity contribution >= 4 is 11.1 Å². The van der Waals surface area contributed by atoms with E-state index in [0.29, 0.717) is 0 Å². The monoisotopic (exact) mass is 203 g/mol. The number of benzene rings is 1. The fourth-order valence-corrected chi connectivity index (χ4v) is 1.06. The predicted octanol–water partition coefficient (Wildman–Crippen LogP) is 2.55. The lowest BCUT2D eigenvalue weighted by molar-refractivity contribution is -0.156. The van der Waals surface area contributed by atoms with E-state index in [1.54, 1.807) is 0 Å². The first-order valence-electron chi connectivity index (χ1n) is 3.64. The molecule has 0 atom stereocenters. The lowest BCUT2D eigenvalue weighted by Gasteiger charge is -1.97. The second-order valence-electron chi connectivity index (χ2n) is 2.64. The first kappa shape index (κ1) is 8.86. The van der Waals surface area contributed by atoms with E-state index in [0.717, 1.165) is 0 Å². The topological polar surface area (TPSA) is 46.3 Å². The SMILES string of the molecule is Oc1cccc2nc(C(F)(F)F)oc12. The summed E-state index contributed by atoms with van der Waals surface area (Å²) >= 11 is 0. The number of fused-ring (bicyclic) bond motifs is 1. The summed E-state index contributed by atoms with van der Waals surface area (Å²) in [6, 6.07) is 3.95. The molecule has 14 heavy (non-hydrogen) atoms. The van der Waals surface area contributed by atoms with Crippen molar-refractivity contribution in [3.63, 3.8) is 0 Å². The number of rotatable bonds is 0. The number of para-hydroxylation sites is 1. The molecule has 0 saturated heterocycles. The van der Waals surface area contributed by atoms with Gasteiger partial charge in [-0.15, -0.1) is 0 Å². The molecule has 0 saturated carbocycles. The van der Waals surface area contributed by atoms with Gasteiger partial charge in [0.05, 0.1) is 0 Å². The maximum Gasteiger partial charge on any atom is 0.468 e. The molecule has 0 bridgehead atoms. The van der Waals surface area contributed by atoms with Crippen molar-refractivity contribution in [1.29, 1.82) is 0 Å². The Morgan fingerprint density at radius 1 is 1.29 bits per heavy atom. The molecule has 3 nitrogen and oxygen atoms in total. The van der Waals surface area contributed by atoms with Crippen molar-refractivity contribution in [1.82, 2.24) is 4.98 Å². The molecule has 1 heterocycles. The van der Waals surface area contributed by atoms with Crippen LogP contribution >= 0.6 is 0 Å². The molecular weight excluding hydrogens is 199 g/mol. The Hall–Kier alpha value is -1.72. The second-order valence-corrected chi connectivity index (χ2v) is 2.64. The van der Waals surface area contributed by atoms with Crippen molar-refractivity contribution in [2.24, 2.45) is 0 Å². The van der Waals surface area contributed by atoms with Crippen LogP contribution in [0.25, 0.3) is 11.1 Å². The standard InChI is InChI=1S/C8H4F3NO2/c9-8(10,11)7-12-4-2-1-3-5(13)6(4)14-7/h1-3,13H. The highest BCUT2D eigenvalue weighted by Gasteiger charge is 2.37. The van der Waals surface area contributed by atoms with Crippen LogP contribution in [-0.4, -0.2) is 10.1 Å². The van der Waals surface area contributed by atoms with Gasteiger partial charge in [0, 0.05) is 0 Å². The molecular formula is C8H4F3NO2. The van der Waals surface area contributed by atoms with Gasteiger partial charge in [0.15, 0.2) is 11.3 Å². The van der Waals surface area contributed by atoms with Gasteiger partial charge in [0.25, 0.3) is 0 Å². The van der Waals surface area contributed by atoms with Gasteiger partial charge in [-0.25, -0.2) is 4.98 Å². The average Bonchev–Trinajstić information content (AvgIpc) is 2.48. The van der Waals surface area contributed by atoms with Gasteiger partial charge in [0.1, 0.15) is 5.52 Å². The van der Waals surface area contributed by atoms with Crippen molar-refractivity contribution < 1.29 is 22.7 Å². The number of phenolic OH excluding ortho intramolecular Hbond substituents is 1. The zero-order chi connectivity index (χ0) is 10.3. The highest BCUT2D eigenvalue weighted by atomic mass is 19.4. The van der Waals surface area contributed by atoms with E-state index in [1.807, 2.05) is 0 Å². The molecule has 2 rings (SSSR count). The maximum atomic E-state index is 12.1. The van der Waals surface area contributed by atoms with Crippen molar-refractivity contribution in [3.05, 3.63) is 24.1 Å². The van der Waals surface area contributed by atoms with Gasteiger partial charge in [-0.3, -0.25) is 0 Å². The van der Waals surface area contributed by atoms with Crippen molar-refractivity contribution in [2.45, 2.75) is 6.18 Å². The fraction of sp³-hybridized carbons (Fsp3) is 0.125. The normalized spacial score (nSPS) is 12.2. The maximum absolute atomic E-state index is 12.1. The lowest BCUT2D eigenvalue weighted by Crippen LogP contribution is -2.04. The van der Waals surface area contributed by atoms with Gasteiger partial charge < -0.3 is 9.52 Å². The highest BCUT2D eigenvalue weighted by Crippen LogP contribution is 2.33. The second kappa shape index (κ2) is 2.63. The van der Waals surface area contributed by atoms with Crippen LogP contribution in [-0.2, 0) is 6.18 Å². The van der Waals surface area contributed by atoms with E-state index in [2.05, 4.69) is 9.40 Å². The number of aromatic nitrogens is 1. The van der Waals surface area contributed by atoms with E-state index in [9.17, 15) is 13.2 Å². The minimum absolute atomic E-state index is 0.0164. The Morgan fingerprint density at radius 2 is 2.00 bits per heavy atom. The summed E-state index contributed by atoms with van der Waals surface area (Å²) in [7, 11) is 0. The summed E-state index contributed by atoms with van der Waals surface area (Å²) in [5.41, 5.74) is -0.267. The average molecular weight is 203 g/mol. The molecule has 0 unspecified atom stereocenters. The number of halogens is 3. The number of nitrogens with zero attached hydrogens (tertiary/aromatic N) is 1.